The summed E-state index contributed by atoms with van der Waals surface area (Å²) < 4.78 is 5.31. The van der Waals surface area contributed by atoms with Gasteiger partial charge in [-0.15, -0.1) is 0 Å². The first-order chi connectivity index (χ1) is 16.6. The molecular formula is C29H38N2O4. The summed E-state index contributed by atoms with van der Waals surface area (Å²) in [6.07, 6.45) is 3.61. The highest BCUT2D eigenvalue weighted by molar-refractivity contribution is 5.94. The van der Waals surface area contributed by atoms with Crippen LogP contribution in [0.3, 0.4) is 0 Å². The number of Topliss-reactive ketones (excluding diaryl/α,β-unsaturated/α-hetero) is 1. The van der Waals surface area contributed by atoms with Crippen LogP contribution in [-0.2, 0) is 16.0 Å². The normalized spacial score (nSPS) is 18.9. The quantitative estimate of drug-likeness (QED) is 0.482. The van der Waals surface area contributed by atoms with E-state index in [0.29, 0.717) is 24.4 Å². The molecule has 1 aliphatic carbocycles. The van der Waals surface area contributed by atoms with Gasteiger partial charge in [-0.25, -0.2) is 4.79 Å². The van der Waals surface area contributed by atoms with E-state index in [1.54, 1.807) is 13.0 Å². The molecule has 2 aromatic rings. The van der Waals surface area contributed by atoms with Crippen LogP contribution in [0, 0.1) is 11.8 Å². The zero-order valence-corrected chi connectivity index (χ0v) is 21.3. The molecule has 6 nitrogen and oxygen atoms in total. The standard InChI is InChI=1S/C29H38N2O4/c1-20(32)24-11-8-12-25(18-24)26(17-21-9-6-5-7-10-21)31-27(33)23-15-13-22(14-16-23)19-30-28(34)35-29(2,3)4/h5-12,18,22-23,26H,13-17,19H2,1-4H3,(H,30,34)(H,31,33). The maximum absolute atomic E-state index is 13.3. The minimum atomic E-state index is -0.514. The van der Waals surface area contributed by atoms with E-state index in [1.165, 1.54) is 0 Å². The van der Waals surface area contributed by atoms with E-state index in [-0.39, 0.29) is 23.7 Å². The van der Waals surface area contributed by atoms with Crippen molar-refractivity contribution in [1.29, 1.82) is 0 Å². The average Bonchev–Trinajstić information content (AvgIpc) is 2.82. The summed E-state index contributed by atoms with van der Waals surface area (Å²) in [5, 5.41) is 6.13. The molecule has 0 saturated heterocycles. The van der Waals surface area contributed by atoms with Gasteiger partial charge in [-0.2, -0.15) is 0 Å². The van der Waals surface area contributed by atoms with Crippen molar-refractivity contribution < 1.29 is 19.1 Å². The lowest BCUT2D eigenvalue weighted by atomic mass is 9.81. The van der Waals surface area contributed by atoms with Crippen molar-refractivity contribution in [3.63, 3.8) is 0 Å². The maximum Gasteiger partial charge on any atom is 0.407 e. The van der Waals surface area contributed by atoms with Gasteiger partial charge < -0.3 is 15.4 Å². The highest BCUT2D eigenvalue weighted by atomic mass is 16.6. The molecule has 0 aliphatic heterocycles. The van der Waals surface area contributed by atoms with E-state index in [1.807, 2.05) is 57.2 Å². The Kier molecular flexibility index (Phi) is 9.07. The van der Waals surface area contributed by atoms with Crippen molar-refractivity contribution in [2.75, 3.05) is 6.54 Å². The molecular weight excluding hydrogens is 440 g/mol. The second kappa shape index (κ2) is 12.0. The number of ketones is 1. The minimum Gasteiger partial charge on any atom is -0.444 e. The zero-order chi connectivity index (χ0) is 25.4. The number of hydrogen-bond acceptors (Lipinski definition) is 4. The number of ether oxygens (including phenoxy) is 1. The Bertz CT molecular complexity index is 1000. The third-order valence-electron chi connectivity index (χ3n) is 6.45. The van der Waals surface area contributed by atoms with E-state index in [9.17, 15) is 14.4 Å². The number of benzene rings is 2. The number of carbonyl (C=O) groups excluding carboxylic acids is 3. The molecule has 0 heterocycles. The molecule has 1 unspecified atom stereocenters. The summed E-state index contributed by atoms with van der Waals surface area (Å²) in [5.41, 5.74) is 2.20. The van der Waals surface area contributed by atoms with Crippen LogP contribution < -0.4 is 10.6 Å². The molecule has 1 atom stereocenters. The van der Waals surface area contributed by atoms with Gasteiger partial charge in [-0.3, -0.25) is 9.59 Å². The van der Waals surface area contributed by atoms with E-state index >= 15 is 0 Å². The van der Waals surface area contributed by atoms with Crippen LogP contribution in [-0.4, -0.2) is 29.9 Å². The molecule has 0 radical (unpaired) electrons. The van der Waals surface area contributed by atoms with Crippen LogP contribution in [0.1, 0.15) is 80.9 Å². The van der Waals surface area contributed by atoms with Gasteiger partial charge in [0.2, 0.25) is 5.91 Å². The molecule has 188 valence electrons. The topological polar surface area (TPSA) is 84.5 Å². The third-order valence-corrected chi connectivity index (χ3v) is 6.45. The summed E-state index contributed by atoms with van der Waals surface area (Å²) in [5.74, 6) is 0.355. The molecule has 35 heavy (non-hydrogen) atoms. The molecule has 6 heteroatoms. The predicted octanol–water partition coefficient (Wildman–Crippen LogP) is 5.62. The minimum absolute atomic E-state index is 0.00921. The second-order valence-electron chi connectivity index (χ2n) is 10.5. The van der Waals surface area contributed by atoms with E-state index in [0.717, 1.165) is 36.8 Å². The van der Waals surface area contributed by atoms with Gasteiger partial charge >= 0.3 is 6.09 Å². The smallest absolute Gasteiger partial charge is 0.407 e. The molecule has 0 aromatic heterocycles. The summed E-state index contributed by atoms with van der Waals surface area (Å²) in [6, 6.07) is 17.4. The first-order valence-corrected chi connectivity index (χ1v) is 12.5. The lowest BCUT2D eigenvalue weighted by molar-refractivity contribution is -0.127. The molecule has 0 spiro atoms. The fraction of sp³-hybridized carbons (Fsp3) is 0.483. The van der Waals surface area contributed by atoms with Crippen molar-refractivity contribution in [2.24, 2.45) is 11.8 Å². The van der Waals surface area contributed by atoms with Gasteiger partial charge in [0.15, 0.2) is 5.78 Å². The Morgan fingerprint density at radius 1 is 0.971 bits per heavy atom. The average molecular weight is 479 g/mol. The first kappa shape index (κ1) is 26.5. The van der Waals surface area contributed by atoms with E-state index < -0.39 is 11.7 Å². The molecule has 1 saturated carbocycles. The van der Waals surface area contributed by atoms with Crippen LogP contribution in [0.4, 0.5) is 4.79 Å². The Morgan fingerprint density at radius 2 is 1.66 bits per heavy atom. The fourth-order valence-electron chi connectivity index (χ4n) is 4.54. The number of carbonyl (C=O) groups is 3. The van der Waals surface area contributed by atoms with Gasteiger partial charge in [0.05, 0.1) is 6.04 Å². The van der Waals surface area contributed by atoms with Crippen LogP contribution >= 0.6 is 0 Å². The second-order valence-corrected chi connectivity index (χ2v) is 10.5. The molecule has 2 amide bonds. The van der Waals surface area contributed by atoms with E-state index in [2.05, 4.69) is 22.8 Å². The largest absolute Gasteiger partial charge is 0.444 e. The van der Waals surface area contributed by atoms with Crippen LogP contribution in [0.5, 0.6) is 0 Å². The lowest BCUT2D eigenvalue weighted by Gasteiger charge is -2.30. The van der Waals surface area contributed by atoms with Crippen molar-refractivity contribution in [1.82, 2.24) is 10.6 Å². The predicted molar refractivity (Wildman–Crippen MR) is 137 cm³/mol. The highest BCUT2D eigenvalue weighted by Crippen LogP contribution is 2.30. The number of amides is 2. The Morgan fingerprint density at radius 3 is 2.29 bits per heavy atom. The fourth-order valence-corrected chi connectivity index (χ4v) is 4.54. The Labute approximate surface area is 208 Å². The highest BCUT2D eigenvalue weighted by Gasteiger charge is 2.29. The van der Waals surface area contributed by atoms with Crippen LogP contribution in [0.15, 0.2) is 54.6 Å². The SMILES string of the molecule is CC(=O)c1cccc(C(Cc2ccccc2)NC(=O)C2CCC(CNC(=O)OC(C)(C)C)CC2)c1. The number of nitrogens with one attached hydrogen (secondary N) is 2. The zero-order valence-electron chi connectivity index (χ0n) is 21.3. The van der Waals surface area contributed by atoms with Crippen LogP contribution in [0.2, 0.25) is 0 Å². The molecule has 3 rings (SSSR count). The third kappa shape index (κ3) is 8.53. The molecule has 1 aliphatic rings. The molecule has 1 fully saturated rings. The Hall–Kier alpha value is -3.15. The number of hydrogen-bond donors (Lipinski definition) is 2. The number of rotatable bonds is 8. The molecule has 2 aromatic carbocycles. The maximum atomic E-state index is 13.3. The summed E-state index contributed by atoms with van der Waals surface area (Å²) in [4.78, 5) is 37.1. The number of alkyl carbamates (subject to hydrolysis) is 1. The van der Waals surface area contributed by atoms with Crippen molar-refractivity contribution in [3.05, 3.63) is 71.3 Å². The van der Waals surface area contributed by atoms with Gasteiger partial charge in [0.25, 0.3) is 0 Å². The van der Waals surface area contributed by atoms with Crippen molar-refractivity contribution >= 4 is 17.8 Å². The molecule has 2 N–H and O–H groups in total. The van der Waals surface area contributed by atoms with Gasteiger partial charge in [-0.05, 0) is 82.9 Å². The van der Waals surface area contributed by atoms with E-state index in [4.69, 9.17) is 4.74 Å². The monoisotopic (exact) mass is 478 g/mol. The summed E-state index contributed by atoms with van der Waals surface area (Å²) in [6.45, 7) is 7.66. The van der Waals surface area contributed by atoms with Crippen LogP contribution in [0.25, 0.3) is 0 Å². The Balaban J connectivity index is 1.59. The summed E-state index contributed by atoms with van der Waals surface area (Å²) in [7, 11) is 0. The lowest BCUT2D eigenvalue weighted by Crippen LogP contribution is -2.39. The van der Waals surface area contributed by atoms with Gasteiger partial charge in [0.1, 0.15) is 5.60 Å². The summed E-state index contributed by atoms with van der Waals surface area (Å²) >= 11 is 0. The van der Waals surface area contributed by atoms with Crippen molar-refractivity contribution in [3.8, 4) is 0 Å². The van der Waals surface area contributed by atoms with Gasteiger partial charge in [-0.1, -0.05) is 48.5 Å². The molecule has 0 bridgehead atoms. The van der Waals surface area contributed by atoms with Crippen molar-refractivity contribution in [2.45, 2.75) is 71.4 Å². The first-order valence-electron chi connectivity index (χ1n) is 12.5. The van der Waals surface area contributed by atoms with Gasteiger partial charge in [0, 0.05) is 18.0 Å².